The summed E-state index contributed by atoms with van der Waals surface area (Å²) in [6.45, 7) is -2.12. The fraction of sp³-hybridized carbons (Fsp3) is 0.125. The molecule has 32 heavy (non-hydrogen) atoms. The molecule has 172 valence electrons. The molecule has 2 aromatic carbocycles. The summed E-state index contributed by atoms with van der Waals surface area (Å²) in [4.78, 5) is 34.8. The molecule has 2 rings (SSSR count). The maximum atomic E-state index is 13.3. The summed E-state index contributed by atoms with van der Waals surface area (Å²) in [5, 5.41) is 16.7. The number of carbonyl (C=O) groups is 2. The smallest absolute Gasteiger partial charge is 0.402 e. The third-order valence-corrected chi connectivity index (χ3v) is 5.92. The van der Waals surface area contributed by atoms with Crippen molar-refractivity contribution in [2.45, 2.75) is 5.25 Å². The van der Waals surface area contributed by atoms with Gasteiger partial charge in [-0.25, -0.2) is 9.59 Å². The monoisotopic (exact) mass is 699 g/mol. The van der Waals surface area contributed by atoms with E-state index in [9.17, 15) is 42.0 Å². The van der Waals surface area contributed by atoms with Crippen molar-refractivity contribution in [3.05, 3.63) is 58.7 Å². The summed E-state index contributed by atoms with van der Waals surface area (Å²) in [5.74, 6) is -4.19. The van der Waals surface area contributed by atoms with Crippen LogP contribution in [0.5, 0.6) is 11.5 Å². The quantitative estimate of drug-likeness (QED) is 0.109. The number of ether oxygens (including phenoxy) is 2. The second-order valence-corrected chi connectivity index (χ2v) is 9.73. The van der Waals surface area contributed by atoms with Crippen LogP contribution in [0.3, 0.4) is 0 Å². The lowest BCUT2D eigenvalue weighted by Crippen LogP contribution is -2.34. The molecule has 0 spiro atoms. The number of nitrogens with zero attached hydrogens (tertiary/aromatic N) is 1. The van der Waals surface area contributed by atoms with Gasteiger partial charge in [-0.2, -0.15) is 17.2 Å². The van der Waals surface area contributed by atoms with E-state index in [1.165, 1.54) is 12.1 Å². The largest absolute Gasteiger partial charge is 0.506 e. The third-order valence-electron chi connectivity index (χ3n) is 3.60. The summed E-state index contributed by atoms with van der Waals surface area (Å²) < 4.78 is 66.0. The van der Waals surface area contributed by atoms with E-state index in [2.05, 4.69) is 4.74 Å². The minimum atomic E-state index is -5.91. The molecule has 0 radical (unpaired) electrons. The first-order valence-electron chi connectivity index (χ1n) is 7.85. The number of nitro groups is 1. The van der Waals surface area contributed by atoms with Crippen molar-refractivity contribution < 1.29 is 50.8 Å². The molecule has 2 aromatic rings. The first-order chi connectivity index (χ1) is 14.7. The number of hydrogen-bond acceptors (Lipinski definition) is 9. The zero-order valence-corrected chi connectivity index (χ0v) is 20.3. The molecule has 0 aliphatic heterocycles. The van der Waals surface area contributed by atoms with Crippen LogP contribution in [-0.2, 0) is 14.9 Å². The number of phenols is 1. The van der Waals surface area contributed by atoms with E-state index in [0.717, 1.165) is 18.2 Å². The van der Waals surface area contributed by atoms with Crippen LogP contribution in [0, 0.1) is 17.3 Å². The maximum Gasteiger partial charge on any atom is 0.402 e. The second-order valence-electron chi connectivity index (χ2n) is 5.77. The number of aromatic hydroxyl groups is 1. The van der Waals surface area contributed by atoms with Crippen molar-refractivity contribution >= 4 is 72.9 Å². The van der Waals surface area contributed by atoms with Gasteiger partial charge in [-0.1, -0.05) is 6.07 Å². The van der Waals surface area contributed by atoms with Crippen molar-refractivity contribution in [1.82, 2.24) is 0 Å². The summed E-state index contributed by atoms with van der Waals surface area (Å²) >= 11 is 3.59. The Morgan fingerprint density at radius 3 is 2.34 bits per heavy atom. The molecule has 0 amide bonds. The Labute approximate surface area is 204 Å². The first-order valence-corrected chi connectivity index (χ1v) is 11.4. The lowest BCUT2D eigenvalue weighted by atomic mass is 10.1. The lowest BCUT2D eigenvalue weighted by molar-refractivity contribution is -0.386. The van der Waals surface area contributed by atoms with Crippen LogP contribution in [0.25, 0.3) is 0 Å². The number of alkyl halides is 2. The Balaban J connectivity index is 2.39. The van der Waals surface area contributed by atoms with Crippen molar-refractivity contribution in [3.8, 4) is 11.5 Å². The average Bonchev–Trinajstić information content (AvgIpc) is 2.67. The summed E-state index contributed by atoms with van der Waals surface area (Å²) in [6, 6.07) is 5.49. The van der Waals surface area contributed by atoms with Gasteiger partial charge < -0.3 is 14.6 Å². The molecule has 0 saturated heterocycles. The Morgan fingerprint density at radius 2 is 1.78 bits per heavy atom. The Morgan fingerprint density at radius 1 is 1.16 bits per heavy atom. The highest BCUT2D eigenvalue weighted by Crippen LogP contribution is 2.34. The van der Waals surface area contributed by atoms with Gasteiger partial charge >= 0.3 is 33.0 Å². The Kier molecular flexibility index (Phi) is 7.94. The maximum absolute atomic E-state index is 13.3. The molecule has 0 fully saturated rings. The lowest BCUT2D eigenvalue weighted by Gasteiger charge is -2.13. The zero-order valence-electron chi connectivity index (χ0n) is 15.1. The van der Waals surface area contributed by atoms with Crippen molar-refractivity contribution in [2.75, 3.05) is 6.61 Å². The molecule has 0 aromatic heterocycles. The number of hydrogen-bond donors (Lipinski definition) is 2. The Hall–Kier alpha value is -2.19. The number of nitro benzene ring substituents is 1. The summed E-state index contributed by atoms with van der Waals surface area (Å²) in [6.07, 6.45) is 0. The molecular formula is C16H9F2I2NO10S. The summed E-state index contributed by atoms with van der Waals surface area (Å²) in [5.41, 5.74) is -2.41. The molecule has 11 nitrogen and oxygen atoms in total. The van der Waals surface area contributed by atoms with Crippen LogP contribution in [0.4, 0.5) is 14.5 Å². The number of esters is 2. The first kappa shape index (κ1) is 26.1. The predicted molar refractivity (Wildman–Crippen MR) is 118 cm³/mol. The minimum Gasteiger partial charge on any atom is -0.506 e. The van der Waals surface area contributed by atoms with Crippen LogP contribution in [0.2, 0.25) is 0 Å². The molecular weight excluding hydrogens is 690 g/mol. The van der Waals surface area contributed by atoms with E-state index < -0.39 is 61.6 Å². The van der Waals surface area contributed by atoms with Crippen LogP contribution < -0.4 is 4.74 Å². The molecule has 0 bridgehead atoms. The van der Waals surface area contributed by atoms with E-state index in [0.29, 0.717) is 3.57 Å². The van der Waals surface area contributed by atoms with Gasteiger partial charge in [-0.05, 0) is 69.4 Å². The van der Waals surface area contributed by atoms with E-state index >= 15 is 0 Å². The van der Waals surface area contributed by atoms with E-state index in [-0.39, 0.29) is 9.13 Å². The molecule has 0 atom stereocenters. The predicted octanol–water partition coefficient (Wildman–Crippen LogP) is 3.37. The standard InChI is InChI=1S/C16H9F2I2NO10S/c17-16(18,32(27,28)29)6-30-14(23)8-2-1-3-11(12(8)21(25)26)31-15(24)9-4-7(19)5-10(20)13(9)22/h1-5,22H,6H2,(H,27,28,29). The fourth-order valence-corrected chi connectivity index (χ4v) is 4.19. The van der Waals surface area contributed by atoms with Crippen LogP contribution >= 0.6 is 45.2 Å². The fourth-order valence-electron chi connectivity index (χ4n) is 2.14. The molecule has 0 aliphatic rings. The molecule has 0 unspecified atom stereocenters. The number of para-hydroxylation sites is 1. The van der Waals surface area contributed by atoms with Crippen molar-refractivity contribution in [3.63, 3.8) is 0 Å². The second kappa shape index (κ2) is 9.75. The van der Waals surface area contributed by atoms with Gasteiger partial charge in [-0.3, -0.25) is 14.7 Å². The number of carbonyl (C=O) groups excluding carboxylic acids is 2. The zero-order chi connectivity index (χ0) is 24.4. The van der Waals surface area contributed by atoms with Gasteiger partial charge in [0.15, 0.2) is 6.61 Å². The van der Waals surface area contributed by atoms with Crippen molar-refractivity contribution in [2.24, 2.45) is 0 Å². The van der Waals surface area contributed by atoms with Gasteiger partial charge in [-0.15, -0.1) is 0 Å². The molecule has 0 saturated carbocycles. The number of phenolic OH excluding ortho intramolecular Hbond substituents is 1. The number of halogens is 4. The van der Waals surface area contributed by atoms with Gasteiger partial charge in [0.05, 0.1) is 8.49 Å². The molecule has 0 heterocycles. The van der Waals surface area contributed by atoms with Crippen LogP contribution in [-0.4, -0.2) is 46.8 Å². The normalized spacial score (nSPS) is 11.7. The van der Waals surface area contributed by atoms with Gasteiger partial charge in [0, 0.05) is 3.57 Å². The number of rotatable bonds is 7. The summed E-state index contributed by atoms with van der Waals surface area (Å²) in [7, 11) is -5.91. The van der Waals surface area contributed by atoms with Gasteiger partial charge in [0.25, 0.3) is 0 Å². The highest BCUT2D eigenvalue weighted by atomic mass is 127. The van der Waals surface area contributed by atoms with Crippen LogP contribution in [0.1, 0.15) is 20.7 Å². The molecule has 2 N–H and O–H groups in total. The Bertz CT molecular complexity index is 1220. The van der Waals surface area contributed by atoms with E-state index in [1.807, 2.05) is 22.6 Å². The van der Waals surface area contributed by atoms with Crippen LogP contribution in [0.15, 0.2) is 30.3 Å². The average molecular weight is 699 g/mol. The molecule has 0 aliphatic carbocycles. The van der Waals surface area contributed by atoms with E-state index in [1.54, 1.807) is 22.6 Å². The molecule has 16 heteroatoms. The van der Waals surface area contributed by atoms with Gasteiger partial charge in [0.2, 0.25) is 5.75 Å². The van der Waals surface area contributed by atoms with E-state index in [4.69, 9.17) is 9.29 Å². The van der Waals surface area contributed by atoms with Gasteiger partial charge in [0.1, 0.15) is 16.9 Å². The topological polar surface area (TPSA) is 170 Å². The SMILES string of the molecule is O=C(Oc1cccc(C(=O)OCC(F)(F)S(=O)(=O)O)c1[N+](=O)[O-])c1cc(I)cc(I)c1O. The van der Waals surface area contributed by atoms with Crippen molar-refractivity contribution in [1.29, 1.82) is 0 Å². The highest BCUT2D eigenvalue weighted by molar-refractivity contribution is 14.1. The third kappa shape index (κ3) is 5.78. The minimum absolute atomic E-state index is 0.285. The highest BCUT2D eigenvalue weighted by Gasteiger charge is 2.46. The number of benzene rings is 2.